The number of halogens is 1. The molecule has 0 amide bonds. The Morgan fingerprint density at radius 2 is 2.27 bits per heavy atom. The van der Waals surface area contributed by atoms with Crippen molar-refractivity contribution in [3.05, 3.63) is 33.6 Å². The van der Waals surface area contributed by atoms with E-state index in [-0.39, 0.29) is 5.82 Å². The summed E-state index contributed by atoms with van der Waals surface area (Å²) < 4.78 is 1.02. The van der Waals surface area contributed by atoms with Crippen LogP contribution < -0.4 is 5.73 Å². The lowest BCUT2D eigenvalue weighted by Crippen LogP contribution is -1.95. The van der Waals surface area contributed by atoms with Crippen molar-refractivity contribution in [1.82, 2.24) is 4.98 Å². The molecule has 74 valence electrons. The first-order valence-corrected chi connectivity index (χ1v) is 5.79. The molecule has 15 heavy (non-hydrogen) atoms. The van der Waals surface area contributed by atoms with Crippen LogP contribution in [0.25, 0.3) is 10.6 Å². The minimum Gasteiger partial charge on any atom is -0.383 e. The molecule has 2 heterocycles. The topological polar surface area (TPSA) is 62.7 Å². The first kappa shape index (κ1) is 10.1. The van der Waals surface area contributed by atoms with Crippen LogP contribution in [0.1, 0.15) is 5.56 Å². The summed E-state index contributed by atoms with van der Waals surface area (Å²) in [5, 5.41) is 10.7. The Morgan fingerprint density at radius 1 is 1.47 bits per heavy atom. The number of pyridine rings is 1. The molecule has 0 saturated carbocycles. The van der Waals surface area contributed by atoms with Crippen LogP contribution in [0, 0.1) is 11.3 Å². The van der Waals surface area contributed by atoms with Gasteiger partial charge in [0.2, 0.25) is 0 Å². The van der Waals surface area contributed by atoms with Gasteiger partial charge >= 0.3 is 0 Å². The molecule has 2 N–H and O–H groups in total. The SMILES string of the molecule is N#Cc1ccc(-c2cc(Br)cs2)nc1N. The highest BCUT2D eigenvalue weighted by molar-refractivity contribution is 9.10. The van der Waals surface area contributed by atoms with E-state index in [2.05, 4.69) is 20.9 Å². The van der Waals surface area contributed by atoms with Crippen molar-refractivity contribution in [2.45, 2.75) is 0 Å². The number of nitrogens with two attached hydrogens (primary N) is 1. The number of hydrogen-bond acceptors (Lipinski definition) is 4. The summed E-state index contributed by atoms with van der Waals surface area (Å²) in [4.78, 5) is 5.20. The smallest absolute Gasteiger partial charge is 0.142 e. The van der Waals surface area contributed by atoms with Gasteiger partial charge in [0, 0.05) is 9.85 Å². The maximum atomic E-state index is 8.71. The quantitative estimate of drug-likeness (QED) is 0.873. The molecule has 0 bridgehead atoms. The summed E-state index contributed by atoms with van der Waals surface area (Å²) in [6.07, 6.45) is 0. The van der Waals surface area contributed by atoms with Gasteiger partial charge in [0.05, 0.1) is 16.1 Å². The van der Waals surface area contributed by atoms with Crippen LogP contribution in [-0.2, 0) is 0 Å². The summed E-state index contributed by atoms with van der Waals surface area (Å²) >= 11 is 4.95. The molecule has 0 aliphatic carbocycles. The van der Waals surface area contributed by atoms with Gasteiger partial charge in [-0.1, -0.05) is 0 Å². The molecule has 0 radical (unpaired) electrons. The van der Waals surface area contributed by atoms with Gasteiger partial charge in [0.15, 0.2) is 0 Å². The number of aromatic nitrogens is 1. The molecule has 0 aromatic carbocycles. The summed E-state index contributed by atoms with van der Waals surface area (Å²) in [5.41, 5.74) is 6.84. The van der Waals surface area contributed by atoms with Crippen LogP contribution in [-0.4, -0.2) is 4.98 Å². The Kier molecular flexibility index (Phi) is 2.71. The van der Waals surface area contributed by atoms with E-state index in [0.717, 1.165) is 15.0 Å². The van der Waals surface area contributed by atoms with Gasteiger partial charge in [0.25, 0.3) is 0 Å². The Bertz CT molecular complexity index is 542. The average molecular weight is 280 g/mol. The van der Waals surface area contributed by atoms with Gasteiger partial charge in [-0.15, -0.1) is 11.3 Å². The van der Waals surface area contributed by atoms with Crippen molar-refractivity contribution in [2.24, 2.45) is 0 Å². The van der Waals surface area contributed by atoms with Crippen LogP contribution >= 0.6 is 27.3 Å². The Balaban J connectivity index is 2.48. The Hall–Kier alpha value is -1.38. The molecule has 0 fully saturated rings. The highest BCUT2D eigenvalue weighted by Crippen LogP contribution is 2.29. The van der Waals surface area contributed by atoms with Gasteiger partial charge in [-0.3, -0.25) is 0 Å². The van der Waals surface area contributed by atoms with Crippen LogP contribution in [0.3, 0.4) is 0 Å². The first-order valence-electron chi connectivity index (χ1n) is 4.12. The lowest BCUT2D eigenvalue weighted by Gasteiger charge is -1.99. The molecule has 3 nitrogen and oxygen atoms in total. The van der Waals surface area contributed by atoms with Crippen LogP contribution in [0.5, 0.6) is 0 Å². The Labute approximate surface area is 99.3 Å². The molecule has 0 atom stereocenters. The fourth-order valence-electron chi connectivity index (χ4n) is 1.15. The van der Waals surface area contributed by atoms with E-state index in [1.165, 1.54) is 0 Å². The van der Waals surface area contributed by atoms with Crippen molar-refractivity contribution in [2.75, 3.05) is 5.73 Å². The van der Waals surface area contributed by atoms with E-state index < -0.39 is 0 Å². The third kappa shape index (κ3) is 2.01. The zero-order chi connectivity index (χ0) is 10.8. The van der Waals surface area contributed by atoms with E-state index in [1.807, 2.05) is 17.5 Å². The highest BCUT2D eigenvalue weighted by atomic mass is 79.9. The Morgan fingerprint density at radius 3 is 2.80 bits per heavy atom. The number of thiophene rings is 1. The molecule has 2 aromatic rings. The third-order valence-electron chi connectivity index (χ3n) is 1.87. The second-order valence-corrected chi connectivity index (χ2v) is 4.70. The minimum atomic E-state index is 0.277. The normalized spacial score (nSPS) is 9.87. The van der Waals surface area contributed by atoms with Gasteiger partial charge in [0.1, 0.15) is 11.9 Å². The fourth-order valence-corrected chi connectivity index (χ4v) is 2.55. The average Bonchev–Trinajstić information content (AvgIpc) is 2.65. The van der Waals surface area contributed by atoms with Gasteiger partial charge in [-0.2, -0.15) is 5.26 Å². The zero-order valence-electron chi connectivity index (χ0n) is 7.57. The summed E-state index contributed by atoms with van der Waals surface area (Å²) in [7, 11) is 0. The maximum absolute atomic E-state index is 8.71. The molecule has 2 aromatic heterocycles. The van der Waals surface area contributed by atoms with E-state index in [9.17, 15) is 0 Å². The number of hydrogen-bond donors (Lipinski definition) is 1. The van der Waals surface area contributed by atoms with Gasteiger partial charge < -0.3 is 5.73 Å². The molecule has 0 unspecified atom stereocenters. The largest absolute Gasteiger partial charge is 0.383 e. The predicted octanol–water partition coefficient (Wildman–Crippen LogP) is 3.03. The van der Waals surface area contributed by atoms with Crippen LogP contribution in [0.2, 0.25) is 0 Å². The number of nitriles is 1. The van der Waals surface area contributed by atoms with Crippen molar-refractivity contribution < 1.29 is 0 Å². The molecular formula is C10H6BrN3S. The van der Waals surface area contributed by atoms with E-state index >= 15 is 0 Å². The summed E-state index contributed by atoms with van der Waals surface area (Å²) in [6, 6.07) is 7.44. The van der Waals surface area contributed by atoms with Crippen molar-refractivity contribution >= 4 is 33.1 Å². The number of rotatable bonds is 1. The number of nitrogen functional groups attached to an aromatic ring is 1. The van der Waals surface area contributed by atoms with Crippen molar-refractivity contribution in [3.8, 4) is 16.6 Å². The predicted molar refractivity (Wildman–Crippen MR) is 64.4 cm³/mol. The lowest BCUT2D eigenvalue weighted by molar-refractivity contribution is 1.32. The molecule has 2 rings (SSSR count). The van der Waals surface area contributed by atoms with Gasteiger partial charge in [-0.05, 0) is 34.1 Å². The van der Waals surface area contributed by atoms with Gasteiger partial charge in [-0.25, -0.2) is 4.98 Å². The van der Waals surface area contributed by atoms with Crippen LogP contribution in [0.4, 0.5) is 5.82 Å². The molecular weight excluding hydrogens is 274 g/mol. The maximum Gasteiger partial charge on any atom is 0.142 e. The second kappa shape index (κ2) is 4.01. The third-order valence-corrected chi connectivity index (χ3v) is 3.58. The lowest BCUT2D eigenvalue weighted by atomic mass is 10.2. The number of nitrogens with zero attached hydrogens (tertiary/aromatic N) is 2. The minimum absolute atomic E-state index is 0.277. The van der Waals surface area contributed by atoms with Crippen LogP contribution in [0.15, 0.2) is 28.1 Å². The zero-order valence-corrected chi connectivity index (χ0v) is 9.97. The standard InChI is InChI=1S/C10H6BrN3S/c11-7-3-9(15-5-7)8-2-1-6(4-12)10(13)14-8/h1-3,5H,(H2,13,14). The van der Waals surface area contributed by atoms with E-state index in [1.54, 1.807) is 23.5 Å². The molecule has 0 spiro atoms. The number of anilines is 1. The van der Waals surface area contributed by atoms with Crippen molar-refractivity contribution in [1.29, 1.82) is 5.26 Å². The summed E-state index contributed by atoms with van der Waals surface area (Å²) in [5.74, 6) is 0.277. The molecule has 0 aliphatic heterocycles. The molecule has 0 aliphatic rings. The van der Waals surface area contributed by atoms with Crippen molar-refractivity contribution in [3.63, 3.8) is 0 Å². The van der Waals surface area contributed by atoms with E-state index in [0.29, 0.717) is 5.56 Å². The molecule has 5 heteroatoms. The van der Waals surface area contributed by atoms with E-state index in [4.69, 9.17) is 11.0 Å². The molecule has 0 saturated heterocycles. The highest BCUT2D eigenvalue weighted by Gasteiger charge is 2.05. The summed E-state index contributed by atoms with van der Waals surface area (Å²) in [6.45, 7) is 0. The first-order chi connectivity index (χ1) is 7.20. The second-order valence-electron chi connectivity index (χ2n) is 2.87. The fraction of sp³-hybridized carbons (Fsp3) is 0. The monoisotopic (exact) mass is 279 g/mol.